The van der Waals surface area contributed by atoms with Crippen LogP contribution in [0.2, 0.25) is 0 Å². The van der Waals surface area contributed by atoms with E-state index in [4.69, 9.17) is 5.26 Å². The number of allylic oxidation sites excluding steroid dienone is 6. The summed E-state index contributed by atoms with van der Waals surface area (Å²) in [5.41, 5.74) is 0. The zero-order valence-corrected chi connectivity index (χ0v) is 8.95. The molecule has 76 valence electrons. The SMILES string of the molecule is C/C=C/C/C=C/CCC/C=C/CC#N. The second kappa shape index (κ2) is 11.7. The van der Waals surface area contributed by atoms with Gasteiger partial charge >= 0.3 is 0 Å². The number of hydrogen-bond donors (Lipinski definition) is 0. The molecule has 0 N–H and O–H groups in total. The Bertz CT molecular complexity index is 228. The van der Waals surface area contributed by atoms with E-state index in [0.717, 1.165) is 19.3 Å². The monoisotopic (exact) mass is 189 g/mol. The molecule has 0 rings (SSSR count). The topological polar surface area (TPSA) is 23.8 Å². The molecule has 0 aromatic heterocycles. The van der Waals surface area contributed by atoms with E-state index in [9.17, 15) is 0 Å². The molecule has 0 amide bonds. The highest BCUT2D eigenvalue weighted by atomic mass is 14.2. The molecule has 0 aliphatic carbocycles. The molecule has 1 nitrogen and oxygen atoms in total. The van der Waals surface area contributed by atoms with Crippen molar-refractivity contribution < 1.29 is 0 Å². The Labute approximate surface area is 87.4 Å². The first kappa shape index (κ1) is 12.7. The van der Waals surface area contributed by atoms with Crippen LogP contribution in [0.25, 0.3) is 0 Å². The molecule has 0 radical (unpaired) electrons. The summed E-state index contributed by atoms with van der Waals surface area (Å²) in [5.74, 6) is 0. The van der Waals surface area contributed by atoms with Gasteiger partial charge in [-0.2, -0.15) is 5.26 Å². The Morgan fingerprint density at radius 1 is 1.00 bits per heavy atom. The van der Waals surface area contributed by atoms with Crippen LogP contribution in [-0.2, 0) is 0 Å². The largest absolute Gasteiger partial charge is 0.198 e. The molecule has 1 heteroatoms. The number of unbranched alkanes of at least 4 members (excludes halogenated alkanes) is 2. The predicted molar refractivity (Wildman–Crippen MR) is 61.8 cm³/mol. The van der Waals surface area contributed by atoms with Crippen LogP contribution >= 0.6 is 0 Å². The van der Waals surface area contributed by atoms with Crippen molar-refractivity contribution in [2.24, 2.45) is 0 Å². The fraction of sp³-hybridized carbons (Fsp3) is 0.462. The van der Waals surface area contributed by atoms with Gasteiger partial charge in [0.05, 0.1) is 12.5 Å². The average molecular weight is 189 g/mol. The highest BCUT2D eigenvalue weighted by Gasteiger charge is 1.80. The molecule has 0 atom stereocenters. The van der Waals surface area contributed by atoms with Crippen LogP contribution in [0.4, 0.5) is 0 Å². The Morgan fingerprint density at radius 2 is 1.71 bits per heavy atom. The molecule has 14 heavy (non-hydrogen) atoms. The van der Waals surface area contributed by atoms with Crippen LogP contribution in [0, 0.1) is 11.3 Å². The van der Waals surface area contributed by atoms with E-state index >= 15 is 0 Å². The normalized spacial score (nSPS) is 11.7. The van der Waals surface area contributed by atoms with Gasteiger partial charge < -0.3 is 0 Å². The van der Waals surface area contributed by atoms with Crippen molar-refractivity contribution in [2.75, 3.05) is 0 Å². The highest BCUT2D eigenvalue weighted by molar-refractivity contribution is 4.93. The van der Waals surface area contributed by atoms with Crippen LogP contribution < -0.4 is 0 Å². The van der Waals surface area contributed by atoms with Crippen molar-refractivity contribution in [3.8, 4) is 6.07 Å². The van der Waals surface area contributed by atoms with E-state index in [2.05, 4.69) is 36.4 Å². The van der Waals surface area contributed by atoms with Crippen LogP contribution in [-0.4, -0.2) is 0 Å². The minimum Gasteiger partial charge on any atom is -0.198 e. The van der Waals surface area contributed by atoms with Gasteiger partial charge in [0.15, 0.2) is 0 Å². The van der Waals surface area contributed by atoms with Crippen molar-refractivity contribution >= 4 is 0 Å². The molecule has 0 aromatic carbocycles. The summed E-state index contributed by atoms with van der Waals surface area (Å²) in [6, 6.07) is 2.08. The Kier molecular flexibility index (Phi) is 10.6. The molecule has 0 saturated carbocycles. The minimum atomic E-state index is 0.539. The van der Waals surface area contributed by atoms with Gasteiger partial charge in [0, 0.05) is 0 Å². The summed E-state index contributed by atoms with van der Waals surface area (Å²) in [6.45, 7) is 2.04. The molecular weight excluding hydrogens is 170 g/mol. The van der Waals surface area contributed by atoms with E-state index in [1.165, 1.54) is 6.42 Å². The van der Waals surface area contributed by atoms with Crippen LogP contribution in [0.5, 0.6) is 0 Å². The van der Waals surface area contributed by atoms with Gasteiger partial charge in [0.25, 0.3) is 0 Å². The van der Waals surface area contributed by atoms with Crippen LogP contribution in [0.1, 0.15) is 39.0 Å². The van der Waals surface area contributed by atoms with Gasteiger partial charge in [-0.15, -0.1) is 0 Å². The van der Waals surface area contributed by atoms with Gasteiger partial charge in [-0.25, -0.2) is 0 Å². The molecule has 0 fully saturated rings. The number of rotatable bonds is 7. The standard InChI is InChI=1S/C13H19N/c1-2-3-4-5-6-7-8-9-10-11-12-13-14/h2-3,5-6,10-11H,4,7-9,12H2,1H3/b3-2+,6-5+,11-10+. The quantitative estimate of drug-likeness (QED) is 0.436. The second-order valence-corrected chi connectivity index (χ2v) is 3.04. The fourth-order valence-corrected chi connectivity index (χ4v) is 1.04. The maximum atomic E-state index is 8.27. The summed E-state index contributed by atoms with van der Waals surface area (Å²) in [7, 11) is 0. The Morgan fingerprint density at radius 3 is 2.36 bits per heavy atom. The van der Waals surface area contributed by atoms with Gasteiger partial charge in [0.2, 0.25) is 0 Å². The zero-order valence-electron chi connectivity index (χ0n) is 8.95. The van der Waals surface area contributed by atoms with Crippen molar-refractivity contribution in [2.45, 2.75) is 39.0 Å². The summed E-state index contributed by atoms with van der Waals surface area (Å²) < 4.78 is 0. The van der Waals surface area contributed by atoms with Gasteiger partial charge in [0.1, 0.15) is 0 Å². The molecule has 0 bridgehead atoms. The average Bonchev–Trinajstić information content (AvgIpc) is 2.21. The van der Waals surface area contributed by atoms with Gasteiger partial charge in [-0.05, 0) is 32.6 Å². The van der Waals surface area contributed by atoms with Crippen molar-refractivity contribution in [1.82, 2.24) is 0 Å². The molecule has 0 aliphatic heterocycles. The third-order valence-electron chi connectivity index (χ3n) is 1.79. The molecular formula is C13H19N. The molecule has 0 unspecified atom stereocenters. The molecule has 0 spiro atoms. The van der Waals surface area contributed by atoms with E-state index < -0.39 is 0 Å². The lowest BCUT2D eigenvalue weighted by atomic mass is 10.2. The van der Waals surface area contributed by atoms with Crippen molar-refractivity contribution in [3.63, 3.8) is 0 Å². The van der Waals surface area contributed by atoms with Crippen molar-refractivity contribution in [3.05, 3.63) is 36.5 Å². The Hall–Kier alpha value is -1.29. The maximum Gasteiger partial charge on any atom is 0.0663 e. The highest BCUT2D eigenvalue weighted by Crippen LogP contribution is 1.99. The van der Waals surface area contributed by atoms with E-state index in [1.807, 2.05) is 13.0 Å². The summed E-state index contributed by atoms with van der Waals surface area (Å²) in [6.07, 6.45) is 17.6. The first-order valence-corrected chi connectivity index (χ1v) is 5.20. The van der Waals surface area contributed by atoms with Crippen LogP contribution in [0.15, 0.2) is 36.5 Å². The van der Waals surface area contributed by atoms with Gasteiger partial charge in [-0.3, -0.25) is 0 Å². The lowest BCUT2D eigenvalue weighted by Crippen LogP contribution is -1.69. The first-order chi connectivity index (χ1) is 6.91. The van der Waals surface area contributed by atoms with Crippen LogP contribution in [0.3, 0.4) is 0 Å². The van der Waals surface area contributed by atoms with Crippen molar-refractivity contribution in [1.29, 1.82) is 5.26 Å². The molecule has 0 aliphatic rings. The Balaban J connectivity index is 3.21. The summed E-state index contributed by atoms with van der Waals surface area (Å²) in [5, 5.41) is 8.27. The second-order valence-electron chi connectivity index (χ2n) is 3.04. The zero-order chi connectivity index (χ0) is 10.5. The molecule has 0 aromatic rings. The maximum absolute atomic E-state index is 8.27. The lowest BCUT2D eigenvalue weighted by Gasteiger charge is -1.89. The summed E-state index contributed by atoms with van der Waals surface area (Å²) in [4.78, 5) is 0. The lowest BCUT2D eigenvalue weighted by molar-refractivity contribution is 0.864. The third-order valence-corrected chi connectivity index (χ3v) is 1.79. The first-order valence-electron chi connectivity index (χ1n) is 5.20. The number of nitrogens with zero attached hydrogens (tertiary/aromatic N) is 1. The van der Waals surface area contributed by atoms with E-state index in [0.29, 0.717) is 6.42 Å². The van der Waals surface area contributed by atoms with E-state index in [1.54, 1.807) is 0 Å². The van der Waals surface area contributed by atoms with E-state index in [-0.39, 0.29) is 0 Å². The fourth-order valence-electron chi connectivity index (χ4n) is 1.04. The summed E-state index contributed by atoms with van der Waals surface area (Å²) >= 11 is 0. The predicted octanol–water partition coefficient (Wildman–Crippen LogP) is 4.15. The molecule has 0 heterocycles. The number of hydrogen-bond acceptors (Lipinski definition) is 1. The minimum absolute atomic E-state index is 0.539. The van der Waals surface area contributed by atoms with Gasteiger partial charge in [-0.1, -0.05) is 36.5 Å². The molecule has 0 saturated heterocycles. The third kappa shape index (κ3) is 10.7. The number of nitriles is 1. The smallest absolute Gasteiger partial charge is 0.0663 e.